The number of aromatic nitrogens is 3. The monoisotopic (exact) mass is 623 g/mol. The third kappa shape index (κ3) is 8.35. The van der Waals surface area contributed by atoms with Crippen molar-refractivity contribution in [3.8, 4) is 11.6 Å². The molecule has 1 spiro atoms. The number of likely N-dealkylation sites (tertiary alicyclic amines) is 1. The molecule has 2 aliphatic heterocycles. The van der Waals surface area contributed by atoms with Gasteiger partial charge in [0.2, 0.25) is 0 Å². The lowest BCUT2D eigenvalue weighted by Crippen LogP contribution is -2.62. The molecule has 1 atom stereocenters. The van der Waals surface area contributed by atoms with E-state index in [1.54, 1.807) is 4.90 Å². The average Bonchev–Trinajstić information content (AvgIpc) is 3.38. The van der Waals surface area contributed by atoms with E-state index in [1.807, 2.05) is 20.8 Å². The fourth-order valence-electron chi connectivity index (χ4n) is 6.45. The molecule has 1 aromatic heterocycles. The second-order valence-electron chi connectivity index (χ2n) is 12.7. The Morgan fingerprint density at radius 2 is 1.91 bits per heavy atom. The van der Waals surface area contributed by atoms with Crippen LogP contribution in [0.4, 0.5) is 23.4 Å². The summed E-state index contributed by atoms with van der Waals surface area (Å²) in [6.07, 6.45) is -0.849. The first-order valence-electron chi connectivity index (χ1n) is 15.5. The molecule has 0 unspecified atom stereocenters. The van der Waals surface area contributed by atoms with Gasteiger partial charge in [-0.15, -0.1) is 10.2 Å². The number of ether oxygens (including phenoxy) is 1. The summed E-state index contributed by atoms with van der Waals surface area (Å²) in [6.45, 7) is 14.4. The van der Waals surface area contributed by atoms with Gasteiger partial charge in [-0.25, -0.2) is 9.37 Å². The van der Waals surface area contributed by atoms with Crippen molar-refractivity contribution >= 4 is 11.7 Å². The molecule has 1 amide bonds. The first-order valence-corrected chi connectivity index (χ1v) is 15.5. The number of hydrogen-bond donors (Lipinski definition) is 1. The predicted molar refractivity (Wildman–Crippen MR) is 160 cm³/mol. The van der Waals surface area contributed by atoms with E-state index >= 15 is 0 Å². The lowest BCUT2D eigenvalue weighted by atomic mass is 9.76. The van der Waals surface area contributed by atoms with Crippen LogP contribution in [0.25, 0.3) is 0 Å². The van der Waals surface area contributed by atoms with Crippen LogP contribution < -0.4 is 15.0 Å². The van der Waals surface area contributed by atoms with Crippen LogP contribution in [0.2, 0.25) is 0 Å². The molecule has 2 fully saturated rings. The smallest absolute Gasteiger partial charge is 0.390 e. The van der Waals surface area contributed by atoms with Crippen LogP contribution in [0.5, 0.6) is 11.6 Å². The molecule has 0 aliphatic carbocycles. The predicted octanol–water partition coefficient (Wildman–Crippen LogP) is 5.53. The largest absolute Gasteiger partial charge is 0.434 e. The molecule has 4 rings (SSSR count). The Balaban J connectivity index is 1.38. The minimum atomic E-state index is -4.13. The molecule has 0 bridgehead atoms. The molecule has 2 aliphatic rings. The number of halogens is 4. The quantitative estimate of drug-likeness (QED) is 0.217. The van der Waals surface area contributed by atoms with Crippen molar-refractivity contribution in [2.75, 3.05) is 50.7 Å². The summed E-state index contributed by atoms with van der Waals surface area (Å²) in [7, 11) is 0. The van der Waals surface area contributed by atoms with Gasteiger partial charge in [0.15, 0.2) is 5.82 Å². The number of carbonyl (C=O) groups excluding carboxylic acids is 1. The Bertz CT molecular complexity index is 1250. The van der Waals surface area contributed by atoms with Gasteiger partial charge in [-0.2, -0.15) is 13.2 Å². The molecule has 2 saturated heterocycles. The summed E-state index contributed by atoms with van der Waals surface area (Å²) in [4.78, 5) is 24.0. The fourth-order valence-corrected chi connectivity index (χ4v) is 6.45. The molecule has 1 N–H and O–H groups in total. The Kier molecular flexibility index (Phi) is 11.0. The zero-order valence-electron chi connectivity index (χ0n) is 26.3. The Labute approximate surface area is 257 Å². The van der Waals surface area contributed by atoms with Crippen molar-refractivity contribution in [3.05, 3.63) is 35.9 Å². The fraction of sp³-hybridized carbons (Fsp3) is 0.677. The van der Waals surface area contributed by atoms with Crippen LogP contribution >= 0.6 is 0 Å². The lowest BCUT2D eigenvalue weighted by molar-refractivity contribution is -0.133. The summed E-state index contributed by atoms with van der Waals surface area (Å²) in [5, 5.41) is 11.0. The van der Waals surface area contributed by atoms with Gasteiger partial charge in [-0.05, 0) is 70.7 Å². The zero-order valence-corrected chi connectivity index (χ0v) is 26.3. The van der Waals surface area contributed by atoms with Gasteiger partial charge >= 0.3 is 6.18 Å². The van der Waals surface area contributed by atoms with Crippen LogP contribution in [0.15, 0.2) is 24.5 Å². The molecule has 44 heavy (non-hydrogen) atoms. The first-order chi connectivity index (χ1) is 20.8. The van der Waals surface area contributed by atoms with E-state index in [2.05, 4.69) is 44.1 Å². The van der Waals surface area contributed by atoms with Crippen molar-refractivity contribution in [1.82, 2.24) is 30.3 Å². The van der Waals surface area contributed by atoms with Gasteiger partial charge in [0.25, 0.3) is 11.8 Å². The van der Waals surface area contributed by atoms with Gasteiger partial charge in [-0.1, -0.05) is 13.8 Å². The molecule has 0 saturated carbocycles. The summed E-state index contributed by atoms with van der Waals surface area (Å²) >= 11 is 0. The third-order valence-electron chi connectivity index (χ3n) is 8.67. The van der Waals surface area contributed by atoms with E-state index in [-0.39, 0.29) is 41.1 Å². The van der Waals surface area contributed by atoms with E-state index in [0.717, 1.165) is 45.4 Å². The molecule has 2 aromatic rings. The highest BCUT2D eigenvalue weighted by molar-refractivity contribution is 5.97. The number of carbonyl (C=O) groups is 1. The third-order valence-corrected chi connectivity index (χ3v) is 8.67. The lowest BCUT2D eigenvalue weighted by Gasteiger charge is -2.53. The van der Waals surface area contributed by atoms with E-state index in [0.29, 0.717) is 30.9 Å². The van der Waals surface area contributed by atoms with Crippen molar-refractivity contribution in [2.45, 2.75) is 78.6 Å². The summed E-state index contributed by atoms with van der Waals surface area (Å²) in [5.74, 6) is 0.438. The summed E-state index contributed by atoms with van der Waals surface area (Å²) in [6, 6.07) is 4.15. The summed E-state index contributed by atoms with van der Waals surface area (Å²) in [5.41, 5.74) is 0.205. The maximum atomic E-state index is 14.2. The molecule has 244 valence electrons. The van der Waals surface area contributed by atoms with Gasteiger partial charge < -0.3 is 19.9 Å². The number of amides is 1. The van der Waals surface area contributed by atoms with Crippen LogP contribution in [0.3, 0.4) is 0 Å². The first kappa shape index (κ1) is 33.8. The van der Waals surface area contributed by atoms with E-state index in [1.165, 1.54) is 24.5 Å². The standard InChI is InChI=1S/C31H45F4N7O2/c1-6-42(22(4)5)29(43)24-16-23(32)9-10-26(24)44-28-27(37-20-38-39-28)40-15-12-30(17-40)18-41(19-30)25(21(2)3)8-7-13-36-14-11-31(33,34)35/h9-10,16,20-22,25,36H,6-8,11-15,17-19H2,1-5H3/t25-/m1/s1. The molecule has 0 radical (unpaired) electrons. The summed E-state index contributed by atoms with van der Waals surface area (Å²) < 4.78 is 57.5. The topological polar surface area (TPSA) is 86.7 Å². The van der Waals surface area contributed by atoms with Gasteiger partial charge in [-0.3, -0.25) is 9.69 Å². The maximum Gasteiger partial charge on any atom is 0.390 e. The number of nitrogens with zero attached hydrogens (tertiary/aromatic N) is 6. The maximum absolute atomic E-state index is 14.2. The Morgan fingerprint density at radius 1 is 1.16 bits per heavy atom. The number of rotatable bonds is 14. The number of benzene rings is 1. The Morgan fingerprint density at radius 3 is 2.57 bits per heavy atom. The van der Waals surface area contributed by atoms with Crippen LogP contribution in [-0.2, 0) is 0 Å². The molecular weight excluding hydrogens is 578 g/mol. The number of nitrogens with one attached hydrogen (secondary N) is 1. The van der Waals surface area contributed by atoms with Gasteiger partial charge in [0, 0.05) is 56.8 Å². The normalized spacial score (nSPS) is 17.4. The van der Waals surface area contributed by atoms with E-state index in [4.69, 9.17) is 4.74 Å². The highest BCUT2D eigenvalue weighted by Gasteiger charge is 2.50. The van der Waals surface area contributed by atoms with Crippen LogP contribution in [0, 0.1) is 17.2 Å². The average molecular weight is 624 g/mol. The highest BCUT2D eigenvalue weighted by atomic mass is 19.4. The molecule has 1 aromatic carbocycles. The SMILES string of the molecule is CCN(C(=O)c1cc(F)ccc1Oc1nncnc1N1CCC2(C1)CN([C@H](CCCNCCC(F)(F)F)C(C)C)C2)C(C)C. The van der Waals surface area contributed by atoms with Gasteiger partial charge in [0.05, 0.1) is 12.0 Å². The highest BCUT2D eigenvalue weighted by Crippen LogP contribution is 2.44. The zero-order chi connectivity index (χ0) is 32.1. The molecule has 3 heterocycles. The van der Waals surface area contributed by atoms with Crippen molar-refractivity contribution in [2.24, 2.45) is 11.3 Å². The number of alkyl halides is 3. The number of hydrogen-bond acceptors (Lipinski definition) is 8. The molecule has 13 heteroatoms. The molecular formula is C31H45F4N7O2. The minimum Gasteiger partial charge on any atom is -0.434 e. The van der Waals surface area contributed by atoms with Crippen molar-refractivity contribution < 1.29 is 27.1 Å². The minimum absolute atomic E-state index is 0.0456. The second-order valence-corrected chi connectivity index (χ2v) is 12.7. The second kappa shape index (κ2) is 14.4. The van der Waals surface area contributed by atoms with Crippen molar-refractivity contribution in [1.29, 1.82) is 0 Å². The van der Waals surface area contributed by atoms with E-state index < -0.39 is 18.4 Å². The van der Waals surface area contributed by atoms with Crippen molar-refractivity contribution in [3.63, 3.8) is 0 Å². The van der Waals surface area contributed by atoms with Gasteiger partial charge in [0.1, 0.15) is 17.9 Å². The Hall–Kier alpha value is -3.06. The van der Waals surface area contributed by atoms with Crippen LogP contribution in [0.1, 0.15) is 70.7 Å². The number of anilines is 1. The van der Waals surface area contributed by atoms with Crippen LogP contribution in [-0.4, -0.2) is 95.0 Å². The molecule has 9 nitrogen and oxygen atoms in total. The van der Waals surface area contributed by atoms with E-state index in [9.17, 15) is 22.4 Å².